The number of carbonyl (C=O) groups excluding carboxylic acids is 2. The maximum Gasteiger partial charge on any atom is 0.217 e. The Labute approximate surface area is 409 Å². The average Bonchev–Trinajstić information content (AvgIpc) is 3.35. The molecule has 0 aromatic heterocycles. The van der Waals surface area contributed by atoms with Crippen LogP contribution < -0.4 is 10.6 Å². The third-order valence-corrected chi connectivity index (χ3v) is 12.8. The molecule has 5 saturated heterocycles. The van der Waals surface area contributed by atoms with E-state index in [9.17, 15) is 102 Å². The van der Waals surface area contributed by atoms with Gasteiger partial charge in [-0.25, -0.2) is 0 Å². The third kappa shape index (κ3) is 13.7. The molecule has 2 amide bonds. The minimum Gasteiger partial charge on any atom is -0.394 e. The number of aliphatic hydroxyl groups excluding tert-OH is 18. The quantitative estimate of drug-likeness (QED) is 0.0507. The molecule has 72 heavy (non-hydrogen) atoms. The summed E-state index contributed by atoms with van der Waals surface area (Å²) in [5, 5.41) is 196. The molecule has 5 rings (SSSR count). The molecule has 0 aliphatic carbocycles. The van der Waals surface area contributed by atoms with Crippen LogP contribution in [0.2, 0.25) is 0 Å². The van der Waals surface area contributed by atoms with Crippen LogP contribution in [0.25, 0.3) is 0 Å². The number of ether oxygens (including phenoxy) is 10. The molecule has 0 bridgehead atoms. The number of carbonyl (C=O) groups is 2. The van der Waals surface area contributed by atoms with E-state index >= 15 is 0 Å². The van der Waals surface area contributed by atoms with Crippen molar-refractivity contribution in [2.24, 2.45) is 0 Å². The molecule has 0 radical (unpaired) electrons. The molecular formula is C40H70N2O30. The first-order valence-corrected chi connectivity index (χ1v) is 22.9. The maximum absolute atomic E-state index is 12.9. The van der Waals surface area contributed by atoms with Gasteiger partial charge in [0, 0.05) is 13.8 Å². The van der Waals surface area contributed by atoms with E-state index in [1.807, 2.05) is 0 Å². The van der Waals surface area contributed by atoms with Gasteiger partial charge in [-0.05, 0) is 6.92 Å². The molecule has 420 valence electrons. The van der Waals surface area contributed by atoms with Gasteiger partial charge >= 0.3 is 0 Å². The highest BCUT2D eigenvalue weighted by molar-refractivity contribution is 5.73. The van der Waals surface area contributed by atoms with Crippen LogP contribution in [0.5, 0.6) is 0 Å². The molecule has 0 saturated carbocycles. The van der Waals surface area contributed by atoms with E-state index in [1.165, 1.54) is 6.92 Å². The van der Waals surface area contributed by atoms with Crippen molar-refractivity contribution in [3.05, 3.63) is 0 Å². The molecular weight excluding hydrogens is 988 g/mol. The van der Waals surface area contributed by atoms with Gasteiger partial charge in [-0.1, -0.05) is 0 Å². The van der Waals surface area contributed by atoms with Crippen LogP contribution in [0.3, 0.4) is 0 Å². The second-order valence-corrected chi connectivity index (χ2v) is 18.0. The van der Waals surface area contributed by atoms with E-state index < -0.39 is 229 Å². The van der Waals surface area contributed by atoms with E-state index in [2.05, 4.69) is 10.6 Å². The van der Waals surface area contributed by atoms with Crippen LogP contribution in [-0.2, 0) is 57.0 Å². The summed E-state index contributed by atoms with van der Waals surface area (Å²) in [6, 6.07) is -3.38. The Morgan fingerprint density at radius 3 is 1.46 bits per heavy atom. The molecule has 32 nitrogen and oxygen atoms in total. The topological polar surface area (TPSA) is 515 Å². The lowest BCUT2D eigenvalue weighted by Crippen LogP contribution is -2.70. The summed E-state index contributed by atoms with van der Waals surface area (Å²) in [5.74, 6) is -1.66. The zero-order valence-electron chi connectivity index (χ0n) is 38.9. The minimum atomic E-state index is -2.28. The van der Waals surface area contributed by atoms with Gasteiger partial charge in [0.25, 0.3) is 0 Å². The van der Waals surface area contributed by atoms with Crippen molar-refractivity contribution in [2.45, 2.75) is 199 Å². The van der Waals surface area contributed by atoms with E-state index in [0.717, 1.165) is 13.8 Å². The van der Waals surface area contributed by atoms with Crippen molar-refractivity contribution in [3.8, 4) is 0 Å². The van der Waals surface area contributed by atoms with Crippen molar-refractivity contribution < 1.29 is 149 Å². The summed E-state index contributed by atoms with van der Waals surface area (Å²) >= 11 is 0. The number of amides is 2. The minimum absolute atomic E-state index is 0.803. The monoisotopic (exact) mass is 1060 g/mol. The molecule has 20 N–H and O–H groups in total. The number of hydrogen-bond donors (Lipinski definition) is 20. The van der Waals surface area contributed by atoms with Crippen LogP contribution in [-0.4, -0.2) is 321 Å². The summed E-state index contributed by atoms with van der Waals surface area (Å²) < 4.78 is 58.3. The van der Waals surface area contributed by atoms with E-state index in [-0.39, 0.29) is 0 Å². The predicted molar refractivity (Wildman–Crippen MR) is 223 cm³/mol. The molecule has 32 heteroatoms. The summed E-state index contributed by atoms with van der Waals surface area (Å²) in [6.45, 7) is -2.69. The van der Waals surface area contributed by atoms with Gasteiger partial charge in [0.15, 0.2) is 31.5 Å². The third-order valence-electron chi connectivity index (χ3n) is 12.8. The van der Waals surface area contributed by atoms with Gasteiger partial charge in [-0.2, -0.15) is 0 Å². The van der Waals surface area contributed by atoms with E-state index in [4.69, 9.17) is 47.4 Å². The van der Waals surface area contributed by atoms with Gasteiger partial charge in [0.2, 0.25) is 11.8 Å². The van der Waals surface area contributed by atoms with E-state index in [0.29, 0.717) is 0 Å². The first kappa shape index (κ1) is 60.7. The van der Waals surface area contributed by atoms with Crippen LogP contribution in [0.15, 0.2) is 0 Å². The maximum atomic E-state index is 12.9. The van der Waals surface area contributed by atoms with Crippen LogP contribution >= 0.6 is 0 Å². The molecule has 0 aromatic rings. The zero-order chi connectivity index (χ0) is 53.6. The van der Waals surface area contributed by atoms with E-state index in [1.54, 1.807) is 0 Å². The molecule has 0 spiro atoms. The molecule has 5 aliphatic rings. The predicted octanol–water partition coefficient (Wildman–Crippen LogP) is -13.1. The van der Waals surface area contributed by atoms with Crippen molar-refractivity contribution in [3.63, 3.8) is 0 Å². The summed E-state index contributed by atoms with van der Waals surface area (Å²) in [4.78, 5) is 25.1. The second-order valence-electron chi connectivity index (χ2n) is 18.0. The van der Waals surface area contributed by atoms with Crippen LogP contribution in [0, 0.1) is 0 Å². The van der Waals surface area contributed by atoms with Gasteiger partial charge < -0.3 is 150 Å². The van der Waals surface area contributed by atoms with Gasteiger partial charge in [-0.3, -0.25) is 9.59 Å². The normalized spacial score (nSPS) is 45.7. The Kier molecular flexibility index (Phi) is 22.5. The van der Waals surface area contributed by atoms with Gasteiger partial charge in [0.1, 0.15) is 134 Å². The highest BCUT2D eigenvalue weighted by atomic mass is 16.8. The number of hydrogen-bond acceptors (Lipinski definition) is 30. The standard InChI is InChI=1S/C40H70N2O30/c1-10-20(51)25(56)28(59)37(64-10)71-34-19(42-12(3)49)36(67-17(8-47)33(34)70-38-29(60)26(57)22(53)15(6-45)65-38)63-9-18-24(55)35(72-39-30(61)27(58)23(54)16(7-46)66-39)31(62)40(68-18)69-32(21(52)14(50)5-44)13(4-43)41-11(2)48/h10,13-40,43-47,50-62H,4-9H2,1-3H3,(H,41,48)(H,42,49)/t10-,13-,14+,15+,16+,17+,18+,19+,20+,21-,22-,23-,24-,25+,26-,27-,28-,29+,30+,31+,32+,33+,34+,35-,36+,37-,38-,39-,40-/m0/s1. The first-order chi connectivity index (χ1) is 33.9. The Balaban J connectivity index is 1.53. The lowest BCUT2D eigenvalue weighted by Gasteiger charge is -2.50. The van der Waals surface area contributed by atoms with Crippen LogP contribution in [0.1, 0.15) is 20.8 Å². The van der Waals surface area contributed by atoms with Crippen molar-refractivity contribution in [2.75, 3.05) is 39.6 Å². The largest absolute Gasteiger partial charge is 0.394 e. The lowest BCUT2D eigenvalue weighted by atomic mass is 9.94. The van der Waals surface area contributed by atoms with Gasteiger partial charge in [0.05, 0.1) is 51.8 Å². The van der Waals surface area contributed by atoms with Crippen molar-refractivity contribution in [1.29, 1.82) is 0 Å². The Morgan fingerprint density at radius 1 is 0.500 bits per heavy atom. The van der Waals surface area contributed by atoms with Gasteiger partial charge in [-0.15, -0.1) is 0 Å². The Hall–Kier alpha value is -2.18. The molecule has 29 atom stereocenters. The fourth-order valence-corrected chi connectivity index (χ4v) is 8.75. The molecule has 0 unspecified atom stereocenters. The summed E-state index contributed by atoms with van der Waals surface area (Å²) in [5.41, 5.74) is 0. The second kappa shape index (κ2) is 26.7. The molecule has 5 heterocycles. The van der Waals surface area contributed by atoms with Crippen LogP contribution in [0.4, 0.5) is 0 Å². The SMILES string of the molecule is CC(=O)N[C@H]1[C@H](OC[C@H]2O[C@@H](O[C@@H]([C@@H](O)[C@H](O)CO)[C@H](CO)NC(C)=O)[C@H](O)[C@@H](O[C@@H]3O[C@H](CO)[C@H](O)[C@H](O)[C@H]3O)[C@H]2O)O[C@H](CO)[C@@H](O[C@@H]2O[C@H](CO)[C@H](O)[C@H](O)[C@H]2O)[C@@H]1O[C@@H]1O[C@@H](C)[C@@H](O)[C@@H](O)[C@@H]1O. The fraction of sp³-hybridized carbons (Fsp3) is 0.950. The molecule has 5 aliphatic heterocycles. The first-order valence-electron chi connectivity index (χ1n) is 22.9. The lowest BCUT2D eigenvalue weighted by molar-refractivity contribution is -0.381. The summed E-state index contributed by atoms with van der Waals surface area (Å²) in [7, 11) is 0. The number of rotatable bonds is 21. The fourth-order valence-electron chi connectivity index (χ4n) is 8.75. The van der Waals surface area contributed by atoms with Crippen molar-refractivity contribution >= 4 is 11.8 Å². The van der Waals surface area contributed by atoms with Crippen molar-refractivity contribution in [1.82, 2.24) is 10.6 Å². The number of aliphatic hydroxyl groups is 18. The molecule has 5 fully saturated rings. The summed E-state index contributed by atoms with van der Waals surface area (Å²) in [6.07, 6.45) is -52.1. The highest BCUT2D eigenvalue weighted by Crippen LogP contribution is 2.36. The average molecular weight is 1060 g/mol. The Bertz CT molecular complexity index is 1680. The Morgan fingerprint density at radius 2 is 0.972 bits per heavy atom. The smallest absolute Gasteiger partial charge is 0.217 e. The zero-order valence-corrected chi connectivity index (χ0v) is 38.9. The molecule has 0 aromatic carbocycles. The number of nitrogens with one attached hydrogen (secondary N) is 2. The highest BCUT2D eigenvalue weighted by Gasteiger charge is 2.57.